The maximum absolute atomic E-state index is 12.1. The van der Waals surface area contributed by atoms with Crippen LogP contribution in [0.5, 0.6) is 0 Å². The van der Waals surface area contributed by atoms with Crippen LogP contribution in [0, 0.1) is 0 Å². The van der Waals surface area contributed by atoms with E-state index in [4.69, 9.17) is 15.2 Å². The second-order valence-electron chi connectivity index (χ2n) is 4.35. The van der Waals surface area contributed by atoms with Crippen molar-refractivity contribution in [2.24, 2.45) is 0 Å². The van der Waals surface area contributed by atoms with Crippen LogP contribution < -0.4 is 16.4 Å². The van der Waals surface area contributed by atoms with Crippen LogP contribution in [0.2, 0.25) is 0 Å². The first-order valence-corrected chi connectivity index (χ1v) is 7.34. The van der Waals surface area contributed by atoms with Gasteiger partial charge in [0.1, 0.15) is 15.4 Å². The molecule has 1 rings (SSSR count). The molecule has 1 aromatic rings. The summed E-state index contributed by atoms with van der Waals surface area (Å²) in [7, 11) is 3.09. The molecular formula is C13H21N3O4S. The van der Waals surface area contributed by atoms with Crippen molar-refractivity contribution in [3.63, 3.8) is 0 Å². The van der Waals surface area contributed by atoms with Crippen LogP contribution in [-0.2, 0) is 9.47 Å². The maximum Gasteiger partial charge on any atom is 0.343 e. The molecule has 1 atom stereocenters. The number of hydrogen-bond acceptors (Lipinski definition) is 7. The van der Waals surface area contributed by atoms with Gasteiger partial charge in [0, 0.05) is 20.2 Å². The molecule has 4 N–H and O–H groups in total. The summed E-state index contributed by atoms with van der Waals surface area (Å²) in [5.74, 6) is -0.885. The first-order valence-electron chi connectivity index (χ1n) is 6.53. The van der Waals surface area contributed by atoms with Gasteiger partial charge < -0.3 is 25.8 Å². The fraction of sp³-hybridized carbons (Fsp3) is 0.538. The molecule has 1 unspecified atom stereocenters. The molecule has 0 saturated carbocycles. The number of ether oxygens (including phenoxy) is 2. The van der Waals surface area contributed by atoms with Crippen molar-refractivity contribution >= 4 is 33.9 Å². The average molecular weight is 315 g/mol. The van der Waals surface area contributed by atoms with Crippen LogP contribution in [-0.4, -0.2) is 45.3 Å². The van der Waals surface area contributed by atoms with Crippen molar-refractivity contribution < 1.29 is 19.1 Å². The van der Waals surface area contributed by atoms with Gasteiger partial charge in [0.05, 0.1) is 18.9 Å². The van der Waals surface area contributed by atoms with Gasteiger partial charge in [-0.1, -0.05) is 0 Å². The zero-order valence-electron chi connectivity index (χ0n) is 12.6. The molecule has 1 heterocycles. The van der Waals surface area contributed by atoms with Crippen LogP contribution in [0.3, 0.4) is 0 Å². The first kappa shape index (κ1) is 17.3. The summed E-state index contributed by atoms with van der Waals surface area (Å²) in [6, 6.07) is -0.0428. The van der Waals surface area contributed by atoms with E-state index in [1.165, 1.54) is 7.05 Å². The number of hydrogen-bond donors (Lipinski definition) is 3. The van der Waals surface area contributed by atoms with Crippen molar-refractivity contribution in [1.29, 1.82) is 0 Å². The lowest BCUT2D eigenvalue weighted by atomic mass is 10.2. The van der Waals surface area contributed by atoms with E-state index in [-0.39, 0.29) is 34.7 Å². The van der Waals surface area contributed by atoms with Gasteiger partial charge in [-0.25, -0.2) is 4.79 Å². The van der Waals surface area contributed by atoms with E-state index in [0.717, 1.165) is 11.3 Å². The Morgan fingerprint density at radius 1 is 1.43 bits per heavy atom. The van der Waals surface area contributed by atoms with Crippen molar-refractivity contribution in [2.75, 3.05) is 38.4 Å². The Kier molecular flexibility index (Phi) is 6.44. The summed E-state index contributed by atoms with van der Waals surface area (Å²) >= 11 is 1.12. The van der Waals surface area contributed by atoms with Crippen LogP contribution in [0.25, 0.3) is 0 Å². The molecule has 0 aromatic carbocycles. The Balaban J connectivity index is 3.19. The fourth-order valence-electron chi connectivity index (χ4n) is 1.75. The van der Waals surface area contributed by atoms with Gasteiger partial charge in [0.15, 0.2) is 0 Å². The summed E-state index contributed by atoms with van der Waals surface area (Å²) in [4.78, 5) is 24.1. The highest BCUT2D eigenvalue weighted by molar-refractivity contribution is 7.19. The summed E-state index contributed by atoms with van der Waals surface area (Å²) < 4.78 is 10.0. The van der Waals surface area contributed by atoms with Gasteiger partial charge in [-0.2, -0.15) is 0 Å². The topological polar surface area (TPSA) is 103 Å². The zero-order valence-corrected chi connectivity index (χ0v) is 13.4. The molecule has 0 bridgehead atoms. The third-order valence-corrected chi connectivity index (χ3v) is 3.79. The monoisotopic (exact) mass is 315 g/mol. The second kappa shape index (κ2) is 7.84. The number of methoxy groups -OCH3 is 1. The minimum atomic E-state index is -0.548. The lowest BCUT2D eigenvalue weighted by Gasteiger charge is -2.14. The number of amides is 1. The zero-order chi connectivity index (χ0) is 16.0. The highest BCUT2D eigenvalue weighted by atomic mass is 32.1. The molecule has 0 saturated heterocycles. The summed E-state index contributed by atoms with van der Waals surface area (Å²) in [6.07, 6.45) is 0. The molecule has 7 nitrogen and oxygen atoms in total. The van der Waals surface area contributed by atoms with E-state index >= 15 is 0 Å². The molecule has 0 aliphatic carbocycles. The third kappa shape index (κ3) is 4.08. The molecule has 1 aromatic heterocycles. The summed E-state index contributed by atoms with van der Waals surface area (Å²) in [5, 5.41) is 6.13. The number of nitrogens with two attached hydrogens (primary N) is 1. The summed E-state index contributed by atoms with van der Waals surface area (Å²) in [6.45, 7) is 4.29. The molecule has 0 aliphatic heterocycles. The van der Waals surface area contributed by atoms with Crippen LogP contribution in [0.4, 0.5) is 10.7 Å². The van der Waals surface area contributed by atoms with Gasteiger partial charge in [0.25, 0.3) is 5.91 Å². The lowest BCUT2D eigenvalue weighted by molar-refractivity contribution is 0.0529. The predicted octanol–water partition coefficient (Wildman–Crippen LogP) is 1.31. The van der Waals surface area contributed by atoms with Crippen LogP contribution in [0.15, 0.2) is 0 Å². The number of carbonyl (C=O) groups is 2. The molecule has 21 heavy (non-hydrogen) atoms. The number of nitrogens with one attached hydrogen (secondary N) is 2. The number of esters is 1. The Morgan fingerprint density at radius 3 is 2.62 bits per heavy atom. The molecule has 0 spiro atoms. The van der Waals surface area contributed by atoms with Crippen molar-refractivity contribution in [2.45, 2.75) is 19.9 Å². The molecular weight excluding hydrogens is 294 g/mol. The second-order valence-corrected chi connectivity index (χ2v) is 5.37. The van der Waals surface area contributed by atoms with Gasteiger partial charge in [-0.15, -0.1) is 11.3 Å². The van der Waals surface area contributed by atoms with Crippen LogP contribution in [0.1, 0.15) is 33.9 Å². The van der Waals surface area contributed by atoms with Gasteiger partial charge in [0.2, 0.25) is 0 Å². The van der Waals surface area contributed by atoms with Crippen molar-refractivity contribution in [3.8, 4) is 0 Å². The smallest absolute Gasteiger partial charge is 0.343 e. The van der Waals surface area contributed by atoms with Gasteiger partial charge in [-0.05, 0) is 13.8 Å². The Bertz CT molecular complexity index is 516. The molecule has 8 heteroatoms. The largest absolute Gasteiger partial charge is 0.462 e. The first-order chi connectivity index (χ1) is 9.96. The highest BCUT2D eigenvalue weighted by Crippen LogP contribution is 2.36. The fourth-order valence-corrected chi connectivity index (χ4v) is 2.92. The van der Waals surface area contributed by atoms with E-state index in [1.807, 2.05) is 6.92 Å². The van der Waals surface area contributed by atoms with Crippen LogP contribution >= 0.6 is 11.3 Å². The highest BCUT2D eigenvalue weighted by Gasteiger charge is 2.26. The molecule has 0 radical (unpaired) electrons. The molecule has 1 amide bonds. The maximum atomic E-state index is 12.1. The quantitative estimate of drug-likeness (QED) is 0.656. The lowest BCUT2D eigenvalue weighted by Crippen LogP contribution is -2.21. The average Bonchev–Trinajstić information content (AvgIpc) is 2.75. The molecule has 0 aliphatic rings. The Hall–Kier alpha value is -1.80. The summed E-state index contributed by atoms with van der Waals surface area (Å²) in [5.41, 5.74) is 6.27. The normalized spacial score (nSPS) is 11.8. The van der Waals surface area contributed by atoms with E-state index < -0.39 is 5.97 Å². The van der Waals surface area contributed by atoms with E-state index in [0.29, 0.717) is 11.6 Å². The van der Waals surface area contributed by atoms with Crippen molar-refractivity contribution in [1.82, 2.24) is 5.32 Å². The standard InChI is InChI=1S/C13H21N3O4S/c1-5-20-13(18)8-9(14)10(11(17)15-3)21-12(8)16-7(2)6-19-4/h7,16H,5-6,14H2,1-4H3,(H,15,17). The number of rotatable bonds is 7. The SMILES string of the molecule is CCOC(=O)c1c(NC(C)COC)sc(C(=O)NC)c1N. The number of nitrogen functional groups attached to an aromatic ring is 1. The minimum absolute atomic E-state index is 0.0428. The number of anilines is 2. The number of thiophene rings is 1. The van der Waals surface area contributed by atoms with Gasteiger partial charge in [-0.3, -0.25) is 4.79 Å². The molecule has 0 fully saturated rings. The Labute approximate surface area is 127 Å². The minimum Gasteiger partial charge on any atom is -0.462 e. The van der Waals surface area contributed by atoms with Gasteiger partial charge >= 0.3 is 5.97 Å². The van der Waals surface area contributed by atoms with E-state index in [9.17, 15) is 9.59 Å². The Morgan fingerprint density at radius 2 is 2.10 bits per heavy atom. The van der Waals surface area contributed by atoms with Crippen molar-refractivity contribution in [3.05, 3.63) is 10.4 Å². The van der Waals surface area contributed by atoms with E-state index in [1.54, 1.807) is 14.0 Å². The molecule has 118 valence electrons. The number of carbonyl (C=O) groups excluding carboxylic acids is 2. The third-order valence-electron chi connectivity index (χ3n) is 2.65. The van der Waals surface area contributed by atoms with E-state index in [2.05, 4.69) is 10.6 Å². The predicted molar refractivity (Wildman–Crippen MR) is 83.0 cm³/mol.